The highest BCUT2D eigenvalue weighted by molar-refractivity contribution is 6.31. The molecule has 0 amide bonds. The number of aliphatic hydroxyl groups excluding tert-OH is 1. The van der Waals surface area contributed by atoms with Crippen LogP contribution < -0.4 is 4.74 Å². The highest BCUT2D eigenvalue weighted by Gasteiger charge is 2.05. The summed E-state index contributed by atoms with van der Waals surface area (Å²) >= 11 is 5.90. The van der Waals surface area contributed by atoms with E-state index in [2.05, 4.69) is 4.98 Å². The Hall–Kier alpha value is -2.10. The monoisotopic (exact) mass is 285 g/mol. The van der Waals surface area contributed by atoms with Crippen LogP contribution in [0.3, 0.4) is 0 Å². The number of hydrogen-bond acceptors (Lipinski definition) is 3. The molecule has 0 saturated carbocycles. The molecular weight excluding hydrogens is 274 g/mol. The van der Waals surface area contributed by atoms with Crippen molar-refractivity contribution in [2.24, 2.45) is 0 Å². The Labute approximate surface area is 121 Å². The van der Waals surface area contributed by atoms with Gasteiger partial charge in [-0.15, -0.1) is 0 Å². The van der Waals surface area contributed by atoms with Gasteiger partial charge in [0.1, 0.15) is 5.75 Å². The van der Waals surface area contributed by atoms with Crippen LogP contribution in [0.4, 0.5) is 0 Å². The first-order valence-corrected chi connectivity index (χ1v) is 6.57. The molecule has 0 atom stereocenters. The fourth-order valence-corrected chi connectivity index (χ4v) is 2.15. The maximum atomic E-state index is 9.15. The minimum absolute atomic E-state index is 0.215. The van der Waals surface area contributed by atoms with Gasteiger partial charge in [-0.2, -0.15) is 0 Å². The van der Waals surface area contributed by atoms with Crippen molar-refractivity contribution in [3.05, 3.63) is 65.3 Å². The van der Waals surface area contributed by atoms with Gasteiger partial charge in [-0.1, -0.05) is 41.9 Å². The number of hydrogen-bond donors (Lipinski definition) is 1. The third-order valence-corrected chi connectivity index (χ3v) is 3.33. The van der Waals surface area contributed by atoms with E-state index >= 15 is 0 Å². The lowest BCUT2D eigenvalue weighted by Crippen LogP contribution is -1.94. The van der Waals surface area contributed by atoms with Gasteiger partial charge in [-0.3, -0.25) is 0 Å². The smallest absolute Gasteiger partial charge is 0.219 e. The highest BCUT2D eigenvalue weighted by Crippen LogP contribution is 2.26. The summed E-state index contributed by atoms with van der Waals surface area (Å²) in [6.45, 7) is -0.215. The fraction of sp³-hybridized carbons (Fsp3) is 0.0625. The molecule has 3 rings (SSSR count). The second-order valence-electron chi connectivity index (χ2n) is 4.35. The summed E-state index contributed by atoms with van der Waals surface area (Å²) in [5.41, 5.74) is 0.407. The lowest BCUT2D eigenvalue weighted by molar-refractivity contribution is 0.275. The van der Waals surface area contributed by atoms with E-state index in [0.29, 0.717) is 22.3 Å². The number of benzene rings is 2. The Morgan fingerprint density at radius 2 is 1.80 bits per heavy atom. The van der Waals surface area contributed by atoms with Gasteiger partial charge in [0.05, 0.1) is 17.3 Å². The van der Waals surface area contributed by atoms with Crippen molar-refractivity contribution < 1.29 is 9.84 Å². The first-order chi connectivity index (χ1) is 9.76. The molecule has 1 heterocycles. The lowest BCUT2D eigenvalue weighted by atomic mass is 10.1. The average Bonchev–Trinajstić information content (AvgIpc) is 2.49. The second-order valence-corrected chi connectivity index (χ2v) is 4.75. The van der Waals surface area contributed by atoms with Crippen LogP contribution in [0, 0.1) is 0 Å². The van der Waals surface area contributed by atoms with Gasteiger partial charge in [0.25, 0.3) is 0 Å². The minimum Gasteiger partial charge on any atom is -0.439 e. The van der Waals surface area contributed by atoms with Crippen molar-refractivity contribution in [2.45, 2.75) is 6.61 Å². The summed E-state index contributed by atoms with van der Waals surface area (Å²) in [5, 5.41) is 11.8. The number of aliphatic hydroxyl groups is 1. The van der Waals surface area contributed by atoms with Gasteiger partial charge in [-0.25, -0.2) is 4.98 Å². The molecule has 3 nitrogen and oxygen atoms in total. The molecule has 1 N–H and O–H groups in total. The summed E-state index contributed by atoms with van der Waals surface area (Å²) in [5.74, 6) is 1.11. The molecule has 0 saturated heterocycles. The zero-order chi connectivity index (χ0) is 13.9. The first kappa shape index (κ1) is 12.9. The van der Waals surface area contributed by atoms with Crippen LogP contribution in [-0.2, 0) is 6.61 Å². The molecule has 0 radical (unpaired) electrons. The summed E-state index contributed by atoms with van der Waals surface area (Å²) in [4.78, 5) is 4.16. The van der Waals surface area contributed by atoms with Crippen molar-refractivity contribution >= 4 is 22.4 Å². The molecule has 0 aliphatic heterocycles. The van der Waals surface area contributed by atoms with Gasteiger partial charge < -0.3 is 9.84 Å². The largest absolute Gasteiger partial charge is 0.439 e. The lowest BCUT2D eigenvalue weighted by Gasteiger charge is -2.08. The maximum Gasteiger partial charge on any atom is 0.219 e. The summed E-state index contributed by atoms with van der Waals surface area (Å²) in [6, 6.07) is 17.2. The molecule has 0 aliphatic rings. The van der Waals surface area contributed by atoms with Crippen LogP contribution in [0.5, 0.6) is 11.6 Å². The predicted molar refractivity (Wildman–Crippen MR) is 79.2 cm³/mol. The van der Waals surface area contributed by atoms with E-state index in [1.165, 1.54) is 0 Å². The van der Waals surface area contributed by atoms with Crippen molar-refractivity contribution in [2.75, 3.05) is 0 Å². The zero-order valence-corrected chi connectivity index (χ0v) is 11.3. The quantitative estimate of drug-likeness (QED) is 0.785. The number of nitrogens with zero attached hydrogens (tertiary/aromatic N) is 1. The van der Waals surface area contributed by atoms with E-state index in [4.69, 9.17) is 21.4 Å². The zero-order valence-electron chi connectivity index (χ0n) is 10.6. The standard InChI is InChI=1S/C16H12ClNO2/c17-14-7-8-16(18-15(14)10-19)20-13-6-5-11-3-1-2-4-12(11)9-13/h1-9,19H,10H2. The molecule has 4 heteroatoms. The average molecular weight is 286 g/mol. The van der Waals surface area contributed by atoms with Gasteiger partial charge in [0.2, 0.25) is 5.88 Å². The molecule has 0 spiro atoms. The van der Waals surface area contributed by atoms with E-state index in [-0.39, 0.29) is 6.61 Å². The second kappa shape index (κ2) is 5.49. The molecular formula is C16H12ClNO2. The van der Waals surface area contributed by atoms with Crippen LogP contribution in [-0.4, -0.2) is 10.1 Å². The molecule has 0 unspecified atom stereocenters. The molecule has 0 aliphatic carbocycles. The SMILES string of the molecule is OCc1nc(Oc2ccc3ccccc3c2)ccc1Cl. The van der Waals surface area contributed by atoms with Crippen LogP contribution in [0.15, 0.2) is 54.6 Å². The number of pyridine rings is 1. The van der Waals surface area contributed by atoms with E-state index in [9.17, 15) is 0 Å². The maximum absolute atomic E-state index is 9.15. The van der Waals surface area contributed by atoms with E-state index in [1.54, 1.807) is 12.1 Å². The first-order valence-electron chi connectivity index (χ1n) is 6.19. The van der Waals surface area contributed by atoms with Crippen molar-refractivity contribution in [3.63, 3.8) is 0 Å². The van der Waals surface area contributed by atoms with Crippen LogP contribution in [0.1, 0.15) is 5.69 Å². The van der Waals surface area contributed by atoms with Crippen molar-refractivity contribution in [1.82, 2.24) is 4.98 Å². The fourth-order valence-electron chi connectivity index (χ4n) is 1.98. The highest BCUT2D eigenvalue weighted by atomic mass is 35.5. The Morgan fingerprint density at radius 1 is 1.00 bits per heavy atom. The van der Waals surface area contributed by atoms with Crippen molar-refractivity contribution in [3.8, 4) is 11.6 Å². The van der Waals surface area contributed by atoms with Crippen LogP contribution >= 0.6 is 11.6 Å². The van der Waals surface area contributed by atoms with E-state index in [1.807, 2.05) is 42.5 Å². The topological polar surface area (TPSA) is 42.4 Å². The molecule has 1 aromatic heterocycles. The normalized spacial score (nSPS) is 10.7. The molecule has 20 heavy (non-hydrogen) atoms. The summed E-state index contributed by atoms with van der Waals surface area (Å²) < 4.78 is 5.70. The third-order valence-electron chi connectivity index (χ3n) is 2.99. The molecule has 3 aromatic rings. The Morgan fingerprint density at radius 3 is 2.60 bits per heavy atom. The van der Waals surface area contributed by atoms with Gasteiger partial charge in [0.15, 0.2) is 0 Å². The van der Waals surface area contributed by atoms with Gasteiger partial charge in [0, 0.05) is 6.07 Å². The van der Waals surface area contributed by atoms with Crippen LogP contribution in [0.2, 0.25) is 5.02 Å². The Balaban J connectivity index is 1.92. The number of aromatic nitrogens is 1. The third kappa shape index (κ3) is 2.59. The Kier molecular flexibility index (Phi) is 3.54. The van der Waals surface area contributed by atoms with Gasteiger partial charge in [-0.05, 0) is 29.0 Å². The van der Waals surface area contributed by atoms with E-state index < -0.39 is 0 Å². The van der Waals surface area contributed by atoms with E-state index in [0.717, 1.165) is 10.8 Å². The number of fused-ring (bicyclic) bond motifs is 1. The minimum atomic E-state index is -0.215. The molecule has 0 bridgehead atoms. The Bertz CT molecular complexity index is 758. The predicted octanol–water partition coefficient (Wildman–Crippen LogP) is 4.17. The van der Waals surface area contributed by atoms with Gasteiger partial charge >= 0.3 is 0 Å². The number of rotatable bonds is 3. The molecule has 100 valence electrons. The van der Waals surface area contributed by atoms with Crippen LogP contribution in [0.25, 0.3) is 10.8 Å². The molecule has 2 aromatic carbocycles. The number of halogens is 1. The van der Waals surface area contributed by atoms with Crippen molar-refractivity contribution in [1.29, 1.82) is 0 Å². The molecule has 0 fully saturated rings. The number of ether oxygens (including phenoxy) is 1. The summed E-state index contributed by atoms with van der Waals surface area (Å²) in [7, 11) is 0. The summed E-state index contributed by atoms with van der Waals surface area (Å²) in [6.07, 6.45) is 0.